The van der Waals surface area contributed by atoms with Crippen LogP contribution in [-0.2, 0) is 9.53 Å². The SMILES string of the molecule is CCOC(=O)c1c(NC(=O)c2ccc(O[C@H](C)C(=O)Nc3ccc(C)cc3C)cc2)sc(C)c1-c1ccccc1. The van der Waals surface area contributed by atoms with Gasteiger partial charge < -0.3 is 20.1 Å². The predicted octanol–water partition coefficient (Wildman–Crippen LogP) is 7.18. The summed E-state index contributed by atoms with van der Waals surface area (Å²) in [6.07, 6.45) is -0.752. The Morgan fingerprint density at radius 2 is 1.60 bits per heavy atom. The summed E-state index contributed by atoms with van der Waals surface area (Å²) in [7, 11) is 0. The number of aryl methyl sites for hydroxylation is 3. The Kier molecular flexibility index (Phi) is 9.01. The van der Waals surface area contributed by atoms with Gasteiger partial charge in [-0.3, -0.25) is 9.59 Å². The Morgan fingerprint density at radius 3 is 2.25 bits per heavy atom. The molecular weight excluding hydrogens is 524 g/mol. The van der Waals surface area contributed by atoms with Gasteiger partial charge in [-0.05, 0) is 76.1 Å². The molecule has 4 rings (SSSR count). The predicted molar refractivity (Wildman–Crippen MR) is 159 cm³/mol. The van der Waals surface area contributed by atoms with E-state index in [-0.39, 0.29) is 18.4 Å². The average molecular weight is 557 g/mol. The van der Waals surface area contributed by atoms with E-state index < -0.39 is 12.1 Å². The van der Waals surface area contributed by atoms with Gasteiger partial charge in [0.05, 0.1) is 6.61 Å². The Morgan fingerprint density at radius 1 is 0.900 bits per heavy atom. The Labute approximate surface area is 238 Å². The van der Waals surface area contributed by atoms with E-state index >= 15 is 0 Å². The van der Waals surface area contributed by atoms with Gasteiger partial charge in [-0.25, -0.2) is 4.79 Å². The third-order valence-corrected chi connectivity index (χ3v) is 7.31. The van der Waals surface area contributed by atoms with Gasteiger partial charge in [0.25, 0.3) is 11.8 Å². The average Bonchev–Trinajstić information content (AvgIpc) is 3.26. The van der Waals surface area contributed by atoms with Crippen LogP contribution in [0, 0.1) is 20.8 Å². The summed E-state index contributed by atoms with van der Waals surface area (Å²) in [5, 5.41) is 6.20. The van der Waals surface area contributed by atoms with E-state index in [1.807, 2.05) is 69.3 Å². The van der Waals surface area contributed by atoms with E-state index in [0.29, 0.717) is 21.9 Å². The topological polar surface area (TPSA) is 93.7 Å². The van der Waals surface area contributed by atoms with Crippen LogP contribution in [0.3, 0.4) is 0 Å². The van der Waals surface area contributed by atoms with E-state index in [2.05, 4.69) is 10.6 Å². The van der Waals surface area contributed by atoms with E-state index in [9.17, 15) is 14.4 Å². The maximum atomic E-state index is 13.1. The minimum Gasteiger partial charge on any atom is -0.481 e. The highest BCUT2D eigenvalue weighted by Crippen LogP contribution is 2.40. The molecule has 3 aromatic carbocycles. The molecule has 8 heteroatoms. The third-order valence-electron chi connectivity index (χ3n) is 6.29. The number of carbonyl (C=O) groups is 3. The van der Waals surface area contributed by atoms with Gasteiger partial charge in [-0.2, -0.15) is 0 Å². The molecule has 0 saturated carbocycles. The minimum absolute atomic E-state index is 0.220. The molecule has 1 heterocycles. The summed E-state index contributed by atoms with van der Waals surface area (Å²) in [5.74, 6) is -0.690. The molecule has 1 aromatic heterocycles. The van der Waals surface area contributed by atoms with Crippen LogP contribution in [-0.4, -0.2) is 30.5 Å². The molecule has 0 aliphatic heterocycles. The zero-order chi connectivity index (χ0) is 28.8. The smallest absolute Gasteiger partial charge is 0.341 e. The number of hydrogen-bond acceptors (Lipinski definition) is 6. The molecule has 2 N–H and O–H groups in total. The van der Waals surface area contributed by atoms with Gasteiger partial charge in [0.15, 0.2) is 6.10 Å². The number of carbonyl (C=O) groups excluding carboxylic acids is 3. The normalized spacial score (nSPS) is 11.4. The number of hydrogen-bond donors (Lipinski definition) is 2. The van der Waals surface area contributed by atoms with E-state index in [0.717, 1.165) is 32.8 Å². The molecule has 0 unspecified atom stereocenters. The first-order valence-electron chi connectivity index (χ1n) is 13.0. The number of esters is 1. The van der Waals surface area contributed by atoms with Crippen LogP contribution in [0.4, 0.5) is 10.7 Å². The fraction of sp³-hybridized carbons (Fsp3) is 0.219. The number of benzene rings is 3. The standard InChI is InChI=1S/C32H32N2O5S/c1-6-38-32(37)28-27(23-10-8-7-9-11-23)22(5)40-31(28)34-30(36)24-13-15-25(16-14-24)39-21(4)29(35)33-26-17-12-19(2)18-20(26)3/h7-18,21H,6H2,1-5H3,(H,33,35)(H,34,36)/t21-/m1/s1. The van der Waals surface area contributed by atoms with Crippen molar-refractivity contribution < 1.29 is 23.9 Å². The van der Waals surface area contributed by atoms with Crippen LogP contribution in [0.2, 0.25) is 0 Å². The summed E-state index contributed by atoms with van der Waals surface area (Å²) in [6, 6.07) is 21.9. The van der Waals surface area contributed by atoms with Crippen LogP contribution in [0.5, 0.6) is 5.75 Å². The fourth-order valence-corrected chi connectivity index (χ4v) is 5.35. The quantitative estimate of drug-likeness (QED) is 0.213. The molecule has 0 saturated heterocycles. The number of thiophene rings is 1. The fourth-order valence-electron chi connectivity index (χ4n) is 4.29. The van der Waals surface area contributed by atoms with Crippen molar-refractivity contribution in [3.63, 3.8) is 0 Å². The van der Waals surface area contributed by atoms with Crippen molar-refractivity contribution in [1.29, 1.82) is 0 Å². The molecule has 0 spiro atoms. The van der Waals surface area contributed by atoms with Crippen LogP contribution < -0.4 is 15.4 Å². The van der Waals surface area contributed by atoms with Crippen molar-refractivity contribution in [3.8, 4) is 16.9 Å². The Hall–Kier alpha value is -4.43. The van der Waals surface area contributed by atoms with Crippen molar-refractivity contribution in [2.24, 2.45) is 0 Å². The lowest BCUT2D eigenvalue weighted by Crippen LogP contribution is -2.30. The molecule has 40 heavy (non-hydrogen) atoms. The molecule has 0 bridgehead atoms. The van der Waals surface area contributed by atoms with Gasteiger partial charge in [-0.1, -0.05) is 48.0 Å². The van der Waals surface area contributed by atoms with Crippen molar-refractivity contribution >= 4 is 39.8 Å². The first kappa shape index (κ1) is 28.6. The molecule has 206 valence electrons. The first-order chi connectivity index (χ1) is 19.2. The number of ether oxygens (including phenoxy) is 2. The number of amides is 2. The summed E-state index contributed by atoms with van der Waals surface area (Å²) in [4.78, 5) is 39.6. The summed E-state index contributed by atoms with van der Waals surface area (Å²) < 4.78 is 11.1. The minimum atomic E-state index is -0.752. The van der Waals surface area contributed by atoms with Gasteiger partial charge in [-0.15, -0.1) is 11.3 Å². The van der Waals surface area contributed by atoms with E-state index in [1.165, 1.54) is 11.3 Å². The van der Waals surface area contributed by atoms with Gasteiger partial charge in [0.1, 0.15) is 16.3 Å². The van der Waals surface area contributed by atoms with Gasteiger partial charge in [0.2, 0.25) is 0 Å². The van der Waals surface area contributed by atoms with E-state index in [4.69, 9.17) is 9.47 Å². The molecule has 4 aromatic rings. The zero-order valence-electron chi connectivity index (χ0n) is 23.2. The number of rotatable bonds is 9. The molecule has 0 aliphatic carbocycles. The lowest BCUT2D eigenvalue weighted by molar-refractivity contribution is -0.122. The van der Waals surface area contributed by atoms with Crippen LogP contribution in [0.1, 0.15) is 50.6 Å². The van der Waals surface area contributed by atoms with Gasteiger partial charge in [0, 0.05) is 21.7 Å². The molecule has 7 nitrogen and oxygen atoms in total. The van der Waals surface area contributed by atoms with Crippen molar-refractivity contribution in [2.75, 3.05) is 17.2 Å². The van der Waals surface area contributed by atoms with Crippen LogP contribution in [0.25, 0.3) is 11.1 Å². The third kappa shape index (κ3) is 6.58. The van der Waals surface area contributed by atoms with E-state index in [1.54, 1.807) is 38.1 Å². The second-order valence-corrected chi connectivity index (χ2v) is 10.6. The second-order valence-electron chi connectivity index (χ2n) is 9.37. The Balaban J connectivity index is 1.47. The van der Waals surface area contributed by atoms with Crippen molar-refractivity contribution in [2.45, 2.75) is 40.7 Å². The van der Waals surface area contributed by atoms with Crippen LogP contribution >= 0.6 is 11.3 Å². The molecule has 0 fully saturated rings. The highest BCUT2D eigenvalue weighted by atomic mass is 32.1. The summed E-state index contributed by atoms with van der Waals surface area (Å²) >= 11 is 1.33. The maximum absolute atomic E-state index is 13.1. The summed E-state index contributed by atoms with van der Waals surface area (Å²) in [5.41, 5.74) is 5.16. The largest absolute Gasteiger partial charge is 0.481 e. The lowest BCUT2D eigenvalue weighted by Gasteiger charge is -2.16. The maximum Gasteiger partial charge on any atom is 0.341 e. The number of anilines is 2. The van der Waals surface area contributed by atoms with Gasteiger partial charge >= 0.3 is 5.97 Å². The first-order valence-corrected chi connectivity index (χ1v) is 13.8. The molecule has 0 aliphatic rings. The molecule has 1 atom stereocenters. The lowest BCUT2D eigenvalue weighted by atomic mass is 10.0. The highest BCUT2D eigenvalue weighted by molar-refractivity contribution is 7.17. The molecule has 0 radical (unpaired) electrons. The number of nitrogens with one attached hydrogen (secondary N) is 2. The second kappa shape index (κ2) is 12.6. The summed E-state index contributed by atoms with van der Waals surface area (Å²) in [6.45, 7) is 9.48. The molecular formula is C32H32N2O5S. The van der Waals surface area contributed by atoms with Crippen molar-refractivity contribution in [3.05, 3.63) is 99.9 Å². The van der Waals surface area contributed by atoms with Crippen molar-refractivity contribution in [1.82, 2.24) is 0 Å². The monoisotopic (exact) mass is 556 g/mol. The van der Waals surface area contributed by atoms with Crippen LogP contribution in [0.15, 0.2) is 72.8 Å². The molecule has 2 amide bonds. The highest BCUT2D eigenvalue weighted by Gasteiger charge is 2.26. The zero-order valence-corrected chi connectivity index (χ0v) is 24.0. The Bertz CT molecular complexity index is 1530.